The SMILES string of the molecule is c1cc(-c2cnc3c4ccccc4c4ccccc4c3n2)cc(-c2cccc3c2oc2cc4[nH]c5ccccc5c4cc23)c1. The highest BCUT2D eigenvalue weighted by atomic mass is 16.3. The van der Waals surface area contributed by atoms with Gasteiger partial charge in [-0.25, -0.2) is 4.98 Å². The molecule has 10 rings (SSSR count). The maximum atomic E-state index is 6.59. The Labute approximate surface area is 251 Å². The van der Waals surface area contributed by atoms with E-state index in [2.05, 4.69) is 132 Å². The van der Waals surface area contributed by atoms with Crippen molar-refractivity contribution in [2.45, 2.75) is 0 Å². The lowest BCUT2D eigenvalue weighted by Gasteiger charge is -2.11. The van der Waals surface area contributed by atoms with Crippen molar-refractivity contribution in [1.82, 2.24) is 15.0 Å². The first kappa shape index (κ1) is 23.6. The number of aromatic nitrogens is 3. The van der Waals surface area contributed by atoms with Gasteiger partial charge in [-0.3, -0.25) is 4.98 Å². The maximum Gasteiger partial charge on any atom is 0.143 e. The van der Waals surface area contributed by atoms with E-state index in [-0.39, 0.29) is 0 Å². The van der Waals surface area contributed by atoms with Crippen molar-refractivity contribution < 1.29 is 4.42 Å². The van der Waals surface area contributed by atoms with Crippen molar-refractivity contribution in [3.05, 3.63) is 134 Å². The molecule has 3 aromatic heterocycles. The molecule has 0 unspecified atom stereocenters. The molecule has 0 bridgehead atoms. The summed E-state index contributed by atoms with van der Waals surface area (Å²) in [5, 5.41) is 9.28. The molecule has 3 heterocycles. The first-order chi connectivity index (χ1) is 21.8. The van der Waals surface area contributed by atoms with Gasteiger partial charge in [0.15, 0.2) is 0 Å². The van der Waals surface area contributed by atoms with Crippen LogP contribution < -0.4 is 0 Å². The van der Waals surface area contributed by atoms with Gasteiger partial charge in [0.05, 0.1) is 28.4 Å². The summed E-state index contributed by atoms with van der Waals surface area (Å²) in [6, 6.07) is 44.7. The van der Waals surface area contributed by atoms with Gasteiger partial charge in [0.25, 0.3) is 0 Å². The standard InChI is InChI=1S/C40H23N3O/c1-3-14-29-26(11-1)27-12-2-4-15-30(27)39-38(29)41-22-36(43-39)24-10-7-9-23(19-24)25-16-8-17-31-33-20-32-28-13-5-6-18-34(28)42-35(32)21-37(33)44-40(25)31/h1-22,42H. The van der Waals surface area contributed by atoms with Crippen LogP contribution in [0.2, 0.25) is 0 Å². The number of para-hydroxylation sites is 2. The number of furan rings is 1. The number of hydrogen-bond donors (Lipinski definition) is 1. The molecule has 7 aromatic carbocycles. The molecule has 1 N–H and O–H groups in total. The molecule has 4 nitrogen and oxygen atoms in total. The fraction of sp³-hybridized carbons (Fsp3) is 0. The predicted molar refractivity (Wildman–Crippen MR) is 182 cm³/mol. The van der Waals surface area contributed by atoms with Crippen LogP contribution in [0.25, 0.3) is 98.7 Å². The van der Waals surface area contributed by atoms with Gasteiger partial charge in [-0.1, -0.05) is 103 Å². The van der Waals surface area contributed by atoms with Gasteiger partial charge >= 0.3 is 0 Å². The predicted octanol–water partition coefficient (Wildman–Crippen LogP) is 10.8. The number of nitrogens with zero attached hydrogens (tertiary/aromatic N) is 2. The van der Waals surface area contributed by atoms with Gasteiger partial charge in [-0.15, -0.1) is 0 Å². The minimum atomic E-state index is 0.845. The largest absolute Gasteiger partial charge is 0.455 e. The zero-order valence-corrected chi connectivity index (χ0v) is 23.5. The number of benzene rings is 7. The van der Waals surface area contributed by atoms with E-state index in [4.69, 9.17) is 14.4 Å². The lowest BCUT2D eigenvalue weighted by atomic mass is 9.98. The summed E-state index contributed by atoms with van der Waals surface area (Å²) in [5.41, 5.74) is 9.82. The Kier molecular flexibility index (Phi) is 4.69. The number of rotatable bonds is 2. The number of aromatic amines is 1. The van der Waals surface area contributed by atoms with Gasteiger partial charge < -0.3 is 9.40 Å². The normalized spacial score (nSPS) is 12.1. The molecule has 10 aromatic rings. The molecule has 0 spiro atoms. The molecule has 0 aliphatic heterocycles. The molecule has 0 radical (unpaired) electrons. The number of fused-ring (bicyclic) bond motifs is 12. The molecule has 44 heavy (non-hydrogen) atoms. The second-order valence-electron chi connectivity index (χ2n) is 11.5. The summed E-state index contributed by atoms with van der Waals surface area (Å²) >= 11 is 0. The van der Waals surface area contributed by atoms with Crippen molar-refractivity contribution in [2.24, 2.45) is 0 Å². The van der Waals surface area contributed by atoms with Crippen LogP contribution >= 0.6 is 0 Å². The summed E-state index contributed by atoms with van der Waals surface area (Å²) < 4.78 is 6.59. The molecule has 4 heteroatoms. The summed E-state index contributed by atoms with van der Waals surface area (Å²) in [7, 11) is 0. The molecule has 0 aliphatic rings. The van der Waals surface area contributed by atoms with Gasteiger partial charge in [-0.05, 0) is 34.5 Å². The maximum absolute atomic E-state index is 6.59. The van der Waals surface area contributed by atoms with E-state index in [1.165, 1.54) is 21.5 Å². The Morgan fingerprint density at radius 3 is 2.00 bits per heavy atom. The highest BCUT2D eigenvalue weighted by Crippen LogP contribution is 2.40. The monoisotopic (exact) mass is 561 g/mol. The van der Waals surface area contributed by atoms with Crippen molar-refractivity contribution >= 4 is 76.3 Å². The summed E-state index contributed by atoms with van der Waals surface area (Å²) in [6.45, 7) is 0. The van der Waals surface area contributed by atoms with E-state index in [1.807, 2.05) is 6.20 Å². The molecule has 0 atom stereocenters. The Morgan fingerprint density at radius 1 is 0.477 bits per heavy atom. The Balaban J connectivity index is 1.15. The molecule has 0 saturated carbocycles. The number of hydrogen-bond acceptors (Lipinski definition) is 3. The number of H-pyrrole nitrogens is 1. The lowest BCUT2D eigenvalue weighted by Crippen LogP contribution is -1.92. The van der Waals surface area contributed by atoms with E-state index < -0.39 is 0 Å². The number of nitrogens with one attached hydrogen (secondary N) is 1. The summed E-state index contributed by atoms with van der Waals surface area (Å²) in [4.78, 5) is 13.7. The van der Waals surface area contributed by atoms with Crippen LogP contribution in [-0.4, -0.2) is 15.0 Å². The minimum Gasteiger partial charge on any atom is -0.455 e. The summed E-state index contributed by atoms with van der Waals surface area (Å²) in [6.07, 6.45) is 1.90. The Bertz CT molecular complexity index is 2750. The third-order valence-corrected chi connectivity index (χ3v) is 9.02. The van der Waals surface area contributed by atoms with Gasteiger partial charge in [0, 0.05) is 55.0 Å². The van der Waals surface area contributed by atoms with E-state index >= 15 is 0 Å². The average molecular weight is 562 g/mol. The van der Waals surface area contributed by atoms with Crippen LogP contribution in [-0.2, 0) is 0 Å². The molecule has 0 fully saturated rings. The van der Waals surface area contributed by atoms with Crippen molar-refractivity contribution in [1.29, 1.82) is 0 Å². The van der Waals surface area contributed by atoms with Gasteiger partial charge in [0.1, 0.15) is 11.2 Å². The van der Waals surface area contributed by atoms with Gasteiger partial charge in [-0.2, -0.15) is 0 Å². The van der Waals surface area contributed by atoms with Crippen molar-refractivity contribution in [2.75, 3.05) is 0 Å². The van der Waals surface area contributed by atoms with Crippen LogP contribution in [0.3, 0.4) is 0 Å². The fourth-order valence-electron chi connectivity index (χ4n) is 6.98. The molecule has 0 aliphatic carbocycles. The van der Waals surface area contributed by atoms with Crippen LogP contribution in [0.1, 0.15) is 0 Å². The molecular formula is C40H23N3O. The minimum absolute atomic E-state index is 0.845. The molecular weight excluding hydrogens is 538 g/mol. The summed E-state index contributed by atoms with van der Waals surface area (Å²) in [5.74, 6) is 0. The van der Waals surface area contributed by atoms with Crippen molar-refractivity contribution in [3.8, 4) is 22.4 Å². The average Bonchev–Trinajstić information content (AvgIpc) is 3.64. The topological polar surface area (TPSA) is 54.7 Å². The van der Waals surface area contributed by atoms with Crippen LogP contribution in [0, 0.1) is 0 Å². The first-order valence-corrected chi connectivity index (χ1v) is 14.8. The first-order valence-electron chi connectivity index (χ1n) is 14.8. The van der Waals surface area contributed by atoms with Crippen LogP contribution in [0.5, 0.6) is 0 Å². The third kappa shape index (κ3) is 3.28. The highest BCUT2D eigenvalue weighted by Gasteiger charge is 2.16. The fourth-order valence-corrected chi connectivity index (χ4v) is 6.98. The Hall–Kier alpha value is -6.00. The third-order valence-electron chi connectivity index (χ3n) is 9.02. The highest BCUT2D eigenvalue weighted by molar-refractivity contribution is 6.23. The Morgan fingerprint density at radius 2 is 1.16 bits per heavy atom. The molecule has 0 saturated heterocycles. The van der Waals surface area contributed by atoms with E-state index in [0.29, 0.717) is 0 Å². The zero-order valence-electron chi connectivity index (χ0n) is 23.5. The van der Waals surface area contributed by atoms with E-state index in [0.717, 1.165) is 77.2 Å². The van der Waals surface area contributed by atoms with Crippen LogP contribution in [0.15, 0.2) is 138 Å². The second-order valence-corrected chi connectivity index (χ2v) is 11.5. The van der Waals surface area contributed by atoms with Gasteiger partial charge in [0.2, 0.25) is 0 Å². The molecule has 0 amide bonds. The quantitative estimate of drug-likeness (QED) is 0.214. The zero-order chi connectivity index (χ0) is 28.8. The second kappa shape index (κ2) is 8.76. The van der Waals surface area contributed by atoms with E-state index in [1.54, 1.807) is 0 Å². The van der Waals surface area contributed by atoms with Crippen molar-refractivity contribution in [3.63, 3.8) is 0 Å². The van der Waals surface area contributed by atoms with Crippen LogP contribution in [0.4, 0.5) is 0 Å². The smallest absolute Gasteiger partial charge is 0.143 e. The lowest BCUT2D eigenvalue weighted by molar-refractivity contribution is 0.670. The molecule has 204 valence electrons. The van der Waals surface area contributed by atoms with E-state index in [9.17, 15) is 0 Å².